The van der Waals surface area contributed by atoms with Crippen LogP contribution in [0.4, 0.5) is 13.2 Å². The molecule has 0 radical (unpaired) electrons. The molecule has 1 aliphatic carbocycles. The van der Waals surface area contributed by atoms with Crippen LogP contribution in [0.2, 0.25) is 0 Å². The van der Waals surface area contributed by atoms with Crippen molar-refractivity contribution < 1.29 is 17.9 Å². The molecule has 2 aromatic rings. The van der Waals surface area contributed by atoms with Gasteiger partial charge >= 0.3 is 6.36 Å². The number of hydrogen-bond donors (Lipinski definition) is 0. The van der Waals surface area contributed by atoms with Crippen LogP contribution in [0.5, 0.6) is 5.75 Å². The van der Waals surface area contributed by atoms with Crippen molar-refractivity contribution >= 4 is 17.2 Å². The highest BCUT2D eigenvalue weighted by Gasteiger charge is 2.32. The van der Waals surface area contributed by atoms with E-state index in [0.29, 0.717) is 17.9 Å². The summed E-state index contributed by atoms with van der Waals surface area (Å²) < 4.78 is 41.6. The first kappa shape index (κ1) is 18.3. The Bertz CT molecular complexity index is 1050. The predicted molar refractivity (Wildman–Crippen MR) is 103 cm³/mol. The minimum atomic E-state index is -4.71. The van der Waals surface area contributed by atoms with E-state index in [4.69, 9.17) is 4.99 Å². The lowest BCUT2D eigenvalue weighted by Gasteiger charge is -2.22. The summed E-state index contributed by atoms with van der Waals surface area (Å²) in [4.78, 5) is 11.2. The molecule has 0 amide bonds. The van der Waals surface area contributed by atoms with E-state index in [1.165, 1.54) is 12.1 Å². The number of allylic oxidation sites excluding steroid dienone is 2. The normalized spacial score (nSPS) is 15.6. The van der Waals surface area contributed by atoms with Crippen molar-refractivity contribution in [3.05, 3.63) is 70.4 Å². The molecule has 4 nitrogen and oxygen atoms in total. The maximum atomic E-state index is 12.5. The van der Waals surface area contributed by atoms with Crippen molar-refractivity contribution in [3.8, 4) is 5.75 Å². The Morgan fingerprint density at radius 2 is 1.75 bits per heavy atom. The number of benzene rings is 2. The van der Waals surface area contributed by atoms with Gasteiger partial charge in [-0.15, -0.1) is 13.2 Å². The van der Waals surface area contributed by atoms with Gasteiger partial charge in [-0.05, 0) is 41.3 Å². The number of rotatable bonds is 2. The van der Waals surface area contributed by atoms with Gasteiger partial charge in [0.2, 0.25) is 5.96 Å². The quantitative estimate of drug-likeness (QED) is 0.759. The number of ether oxygens (including phenoxy) is 1. The zero-order chi connectivity index (χ0) is 20.1. The summed E-state index contributed by atoms with van der Waals surface area (Å²) in [5.74, 6) is 0.377. The number of aliphatic imine (C=N–C) groups is 2. The van der Waals surface area contributed by atoms with Gasteiger partial charge in [0, 0.05) is 26.1 Å². The Balaban J connectivity index is 1.83. The lowest BCUT2D eigenvalue weighted by Crippen LogP contribution is -2.18. The number of alkyl halides is 3. The van der Waals surface area contributed by atoms with E-state index in [1.54, 1.807) is 13.0 Å². The van der Waals surface area contributed by atoms with Crippen LogP contribution in [0, 0.1) is 6.92 Å². The summed E-state index contributed by atoms with van der Waals surface area (Å²) in [7, 11) is 3.75. The molecule has 0 fully saturated rings. The Morgan fingerprint density at radius 3 is 2.43 bits per heavy atom. The maximum absolute atomic E-state index is 12.5. The summed E-state index contributed by atoms with van der Waals surface area (Å²) in [5.41, 5.74) is 6.21. The number of halogens is 3. The fourth-order valence-electron chi connectivity index (χ4n) is 3.50. The van der Waals surface area contributed by atoms with Crippen LogP contribution in [0.1, 0.15) is 22.3 Å². The molecule has 0 saturated carbocycles. The largest absolute Gasteiger partial charge is 0.573 e. The molecule has 4 rings (SSSR count). The van der Waals surface area contributed by atoms with E-state index in [2.05, 4.69) is 9.73 Å². The first-order valence-corrected chi connectivity index (χ1v) is 8.76. The van der Waals surface area contributed by atoms with Crippen molar-refractivity contribution in [1.29, 1.82) is 0 Å². The number of hydrogen-bond acceptors (Lipinski definition) is 4. The van der Waals surface area contributed by atoms with Crippen LogP contribution in [-0.2, 0) is 6.42 Å². The molecule has 28 heavy (non-hydrogen) atoms. The molecule has 2 aliphatic rings. The van der Waals surface area contributed by atoms with Crippen molar-refractivity contribution in [2.24, 2.45) is 9.98 Å². The van der Waals surface area contributed by atoms with Gasteiger partial charge in [-0.3, -0.25) is 0 Å². The average Bonchev–Trinajstić information content (AvgIpc) is 3.06. The van der Waals surface area contributed by atoms with Crippen LogP contribution in [0.3, 0.4) is 0 Å². The molecular formula is C21H18F3N3O. The van der Waals surface area contributed by atoms with Gasteiger partial charge in [-0.1, -0.05) is 30.3 Å². The van der Waals surface area contributed by atoms with Gasteiger partial charge in [-0.25, -0.2) is 9.98 Å². The van der Waals surface area contributed by atoms with Gasteiger partial charge in [0.05, 0.1) is 5.70 Å². The van der Waals surface area contributed by atoms with Crippen LogP contribution in [0.25, 0.3) is 5.57 Å². The second-order valence-electron chi connectivity index (χ2n) is 6.95. The van der Waals surface area contributed by atoms with E-state index in [1.807, 2.05) is 43.3 Å². The number of guanidine groups is 1. The molecule has 0 spiro atoms. The predicted octanol–water partition coefficient (Wildman–Crippen LogP) is 4.58. The zero-order valence-corrected chi connectivity index (χ0v) is 15.6. The van der Waals surface area contributed by atoms with Crippen LogP contribution >= 0.6 is 0 Å². The van der Waals surface area contributed by atoms with E-state index in [0.717, 1.165) is 33.7 Å². The van der Waals surface area contributed by atoms with Crippen molar-refractivity contribution in [2.45, 2.75) is 19.7 Å². The SMILES string of the molecule is Cc1cc(OC(F)(F)F)ccc1C1=C2N=C(N(C)C)N=C2c2ccccc2C1. The molecule has 0 unspecified atom stereocenters. The lowest BCUT2D eigenvalue weighted by molar-refractivity contribution is -0.274. The summed E-state index contributed by atoms with van der Waals surface area (Å²) >= 11 is 0. The topological polar surface area (TPSA) is 37.2 Å². The van der Waals surface area contributed by atoms with Gasteiger partial charge in [0.1, 0.15) is 11.5 Å². The Kier molecular flexibility index (Phi) is 4.25. The van der Waals surface area contributed by atoms with Gasteiger partial charge in [-0.2, -0.15) is 0 Å². The highest BCUT2D eigenvalue weighted by atomic mass is 19.4. The fourth-order valence-corrected chi connectivity index (χ4v) is 3.50. The summed E-state index contributed by atoms with van der Waals surface area (Å²) in [6.07, 6.45) is -4.08. The maximum Gasteiger partial charge on any atom is 0.573 e. The molecule has 0 atom stereocenters. The van der Waals surface area contributed by atoms with Crippen molar-refractivity contribution in [1.82, 2.24) is 4.90 Å². The summed E-state index contributed by atoms with van der Waals surface area (Å²) in [6.45, 7) is 1.77. The molecule has 7 heteroatoms. The van der Waals surface area contributed by atoms with Gasteiger partial charge in [0.25, 0.3) is 0 Å². The van der Waals surface area contributed by atoms with Crippen LogP contribution in [0.15, 0.2) is 58.1 Å². The van der Waals surface area contributed by atoms with E-state index in [9.17, 15) is 13.2 Å². The minimum Gasteiger partial charge on any atom is -0.406 e. The molecule has 0 N–H and O–H groups in total. The Hall–Kier alpha value is -3.09. The fraction of sp³-hybridized carbons (Fsp3) is 0.238. The number of nitrogens with zero attached hydrogens (tertiary/aromatic N) is 3. The monoisotopic (exact) mass is 385 g/mol. The first-order valence-electron chi connectivity index (χ1n) is 8.76. The van der Waals surface area contributed by atoms with Gasteiger partial charge in [0.15, 0.2) is 0 Å². The third-order valence-electron chi connectivity index (χ3n) is 4.73. The summed E-state index contributed by atoms with van der Waals surface area (Å²) in [5, 5.41) is 0. The van der Waals surface area contributed by atoms with E-state index in [-0.39, 0.29) is 5.75 Å². The smallest absolute Gasteiger partial charge is 0.406 e. The molecule has 1 heterocycles. The average molecular weight is 385 g/mol. The Labute approximate surface area is 160 Å². The highest BCUT2D eigenvalue weighted by Crippen LogP contribution is 2.38. The molecule has 0 bridgehead atoms. The second kappa shape index (κ2) is 6.51. The second-order valence-corrected chi connectivity index (χ2v) is 6.95. The summed E-state index contributed by atoms with van der Waals surface area (Å²) in [6, 6.07) is 12.4. The molecule has 0 saturated heterocycles. The van der Waals surface area contributed by atoms with E-state index >= 15 is 0 Å². The van der Waals surface area contributed by atoms with Crippen molar-refractivity contribution in [2.75, 3.05) is 14.1 Å². The molecule has 144 valence electrons. The molecule has 1 aliphatic heterocycles. The number of aryl methyl sites for hydroxylation is 1. The molecule has 2 aromatic carbocycles. The zero-order valence-electron chi connectivity index (χ0n) is 15.6. The standard InChI is InChI=1S/C21H18F3N3O/c1-12-10-14(28-21(22,23)24)8-9-15(12)17-11-13-6-4-5-7-16(13)18-19(17)26-20(25-18)27(2)3/h4-10H,11H2,1-3H3. The highest BCUT2D eigenvalue weighted by molar-refractivity contribution is 6.25. The third-order valence-corrected chi connectivity index (χ3v) is 4.73. The number of fused-ring (bicyclic) bond motifs is 3. The minimum absolute atomic E-state index is 0.228. The first-order chi connectivity index (χ1) is 13.2. The van der Waals surface area contributed by atoms with E-state index < -0.39 is 6.36 Å². The molecular weight excluding hydrogens is 367 g/mol. The lowest BCUT2D eigenvalue weighted by atomic mass is 9.83. The van der Waals surface area contributed by atoms with Crippen LogP contribution in [-0.4, -0.2) is 37.0 Å². The van der Waals surface area contributed by atoms with Gasteiger partial charge < -0.3 is 9.64 Å². The Morgan fingerprint density at radius 1 is 1.00 bits per heavy atom. The van der Waals surface area contributed by atoms with Crippen molar-refractivity contribution in [3.63, 3.8) is 0 Å². The third kappa shape index (κ3) is 3.28. The van der Waals surface area contributed by atoms with Crippen LogP contribution < -0.4 is 4.74 Å². The molecule has 0 aromatic heterocycles.